The molecule has 17 heavy (non-hydrogen) atoms. The summed E-state index contributed by atoms with van der Waals surface area (Å²) in [5.41, 5.74) is 0. The van der Waals surface area contributed by atoms with Gasteiger partial charge in [0.25, 0.3) is 0 Å². The van der Waals surface area contributed by atoms with Gasteiger partial charge >= 0.3 is 18.0 Å². The number of nitrogens with one attached hydrogen (secondary N) is 1. The standard InChI is InChI=1S/C9H15N3O5/c13-7(14)5-12(6-8(15)16)9(17)11-3-1-10-2-4-11/h10H,1-6H2,(H,13,14)(H,15,16). The molecule has 1 rings (SSSR count). The van der Waals surface area contributed by atoms with Crippen molar-refractivity contribution in [2.24, 2.45) is 0 Å². The summed E-state index contributed by atoms with van der Waals surface area (Å²) in [6.07, 6.45) is 0. The van der Waals surface area contributed by atoms with Crippen LogP contribution in [0.4, 0.5) is 4.79 Å². The van der Waals surface area contributed by atoms with Crippen molar-refractivity contribution < 1.29 is 24.6 Å². The fourth-order valence-electron chi connectivity index (χ4n) is 1.57. The van der Waals surface area contributed by atoms with E-state index in [-0.39, 0.29) is 0 Å². The summed E-state index contributed by atoms with van der Waals surface area (Å²) in [6, 6.07) is -0.545. The maximum Gasteiger partial charge on any atom is 0.323 e. The van der Waals surface area contributed by atoms with Crippen LogP contribution >= 0.6 is 0 Å². The fourth-order valence-corrected chi connectivity index (χ4v) is 1.57. The van der Waals surface area contributed by atoms with Gasteiger partial charge in [0.15, 0.2) is 0 Å². The number of hydrogen-bond donors (Lipinski definition) is 3. The highest BCUT2D eigenvalue weighted by Crippen LogP contribution is 2.01. The van der Waals surface area contributed by atoms with E-state index in [4.69, 9.17) is 10.2 Å². The fraction of sp³-hybridized carbons (Fsp3) is 0.667. The Morgan fingerprint density at radius 1 is 1.06 bits per heavy atom. The van der Waals surface area contributed by atoms with Crippen LogP contribution in [0.1, 0.15) is 0 Å². The first kappa shape index (κ1) is 13.2. The predicted octanol–water partition coefficient (Wildman–Crippen LogP) is -1.52. The number of carbonyl (C=O) groups is 3. The summed E-state index contributed by atoms with van der Waals surface area (Å²) in [5, 5.41) is 20.3. The first-order valence-electron chi connectivity index (χ1n) is 5.19. The first-order chi connectivity index (χ1) is 8.00. The normalized spacial score (nSPS) is 15.4. The highest BCUT2D eigenvalue weighted by molar-refractivity contribution is 5.84. The third-order valence-corrected chi connectivity index (χ3v) is 2.31. The molecule has 1 heterocycles. The SMILES string of the molecule is O=C(O)CN(CC(=O)O)C(=O)N1CCNCC1. The number of nitrogens with zero attached hydrogens (tertiary/aromatic N) is 2. The summed E-state index contributed by atoms with van der Waals surface area (Å²) in [4.78, 5) is 35.3. The molecule has 96 valence electrons. The van der Waals surface area contributed by atoms with E-state index in [1.165, 1.54) is 4.90 Å². The molecule has 0 spiro atoms. The average Bonchev–Trinajstić information content (AvgIpc) is 2.27. The van der Waals surface area contributed by atoms with E-state index in [1.54, 1.807) is 0 Å². The highest BCUT2D eigenvalue weighted by Gasteiger charge is 2.25. The lowest BCUT2D eigenvalue weighted by atomic mass is 10.3. The van der Waals surface area contributed by atoms with Gasteiger partial charge in [0.05, 0.1) is 0 Å². The molecular formula is C9H15N3O5. The minimum Gasteiger partial charge on any atom is -0.480 e. The Labute approximate surface area is 97.8 Å². The van der Waals surface area contributed by atoms with E-state index in [9.17, 15) is 14.4 Å². The van der Waals surface area contributed by atoms with Gasteiger partial charge in [0.1, 0.15) is 13.1 Å². The number of piperazine rings is 1. The van der Waals surface area contributed by atoms with E-state index < -0.39 is 31.1 Å². The van der Waals surface area contributed by atoms with Crippen molar-refractivity contribution in [3.8, 4) is 0 Å². The second-order valence-corrected chi connectivity index (χ2v) is 3.66. The van der Waals surface area contributed by atoms with Gasteiger partial charge in [-0.1, -0.05) is 0 Å². The van der Waals surface area contributed by atoms with Crippen LogP contribution in [0.15, 0.2) is 0 Å². The van der Waals surface area contributed by atoms with Crippen molar-refractivity contribution in [1.29, 1.82) is 0 Å². The Bertz CT molecular complexity index is 298. The molecule has 8 nitrogen and oxygen atoms in total. The maximum atomic E-state index is 11.9. The van der Waals surface area contributed by atoms with Crippen molar-refractivity contribution in [2.45, 2.75) is 0 Å². The Hall–Kier alpha value is -1.83. The molecule has 0 atom stereocenters. The van der Waals surface area contributed by atoms with Crippen LogP contribution in [0.25, 0.3) is 0 Å². The first-order valence-corrected chi connectivity index (χ1v) is 5.19. The highest BCUT2D eigenvalue weighted by atomic mass is 16.4. The van der Waals surface area contributed by atoms with Crippen LogP contribution in [0, 0.1) is 0 Å². The number of carbonyl (C=O) groups excluding carboxylic acids is 1. The summed E-state index contributed by atoms with van der Waals surface area (Å²) in [6.45, 7) is 0.951. The van der Waals surface area contributed by atoms with Gasteiger partial charge in [0, 0.05) is 26.2 Å². The van der Waals surface area contributed by atoms with Crippen molar-refractivity contribution in [2.75, 3.05) is 39.3 Å². The van der Waals surface area contributed by atoms with Crippen LogP contribution in [-0.2, 0) is 9.59 Å². The summed E-state index contributed by atoms with van der Waals surface area (Å²) in [7, 11) is 0. The average molecular weight is 245 g/mol. The lowest BCUT2D eigenvalue weighted by Gasteiger charge is -2.31. The summed E-state index contributed by atoms with van der Waals surface area (Å²) in [5.74, 6) is -2.45. The molecule has 3 N–H and O–H groups in total. The summed E-state index contributed by atoms with van der Waals surface area (Å²) < 4.78 is 0. The van der Waals surface area contributed by atoms with E-state index in [0.717, 1.165) is 4.90 Å². The molecule has 0 radical (unpaired) electrons. The molecule has 0 bridgehead atoms. The molecular weight excluding hydrogens is 230 g/mol. The minimum atomic E-state index is -1.23. The molecule has 0 aromatic carbocycles. The third-order valence-electron chi connectivity index (χ3n) is 2.31. The van der Waals surface area contributed by atoms with Crippen LogP contribution in [-0.4, -0.2) is 77.3 Å². The number of amides is 2. The maximum absolute atomic E-state index is 11.9. The van der Waals surface area contributed by atoms with E-state index in [1.807, 2.05) is 0 Å². The molecule has 1 saturated heterocycles. The zero-order valence-electron chi connectivity index (χ0n) is 9.26. The largest absolute Gasteiger partial charge is 0.480 e. The Kier molecular flexibility index (Phi) is 4.70. The Morgan fingerprint density at radius 2 is 1.53 bits per heavy atom. The van der Waals surface area contributed by atoms with Crippen LogP contribution in [0.5, 0.6) is 0 Å². The molecule has 0 aromatic rings. The monoisotopic (exact) mass is 245 g/mol. The number of hydrogen-bond acceptors (Lipinski definition) is 4. The van der Waals surface area contributed by atoms with Crippen LogP contribution in [0.2, 0.25) is 0 Å². The number of aliphatic carboxylic acids is 2. The molecule has 0 unspecified atom stereocenters. The van der Waals surface area contributed by atoms with E-state index >= 15 is 0 Å². The van der Waals surface area contributed by atoms with Crippen LogP contribution in [0.3, 0.4) is 0 Å². The number of carboxylic acid groups (broad SMARTS) is 2. The molecule has 8 heteroatoms. The smallest absolute Gasteiger partial charge is 0.323 e. The quantitative estimate of drug-likeness (QED) is 0.555. The molecule has 2 amide bonds. The van der Waals surface area contributed by atoms with Gasteiger partial charge in [-0.15, -0.1) is 0 Å². The molecule has 0 saturated carbocycles. The molecule has 0 aromatic heterocycles. The minimum absolute atomic E-state index is 0.453. The predicted molar refractivity (Wildman–Crippen MR) is 56.7 cm³/mol. The Morgan fingerprint density at radius 3 is 1.94 bits per heavy atom. The van der Waals surface area contributed by atoms with Gasteiger partial charge in [-0.05, 0) is 0 Å². The topological polar surface area (TPSA) is 110 Å². The number of rotatable bonds is 4. The molecule has 1 fully saturated rings. The number of urea groups is 1. The van der Waals surface area contributed by atoms with Crippen molar-refractivity contribution in [3.05, 3.63) is 0 Å². The number of carboxylic acids is 2. The Balaban J connectivity index is 2.63. The summed E-state index contributed by atoms with van der Waals surface area (Å²) >= 11 is 0. The van der Waals surface area contributed by atoms with Crippen molar-refractivity contribution >= 4 is 18.0 Å². The zero-order valence-corrected chi connectivity index (χ0v) is 9.26. The van der Waals surface area contributed by atoms with E-state index in [0.29, 0.717) is 26.2 Å². The van der Waals surface area contributed by atoms with Gasteiger partial charge in [0.2, 0.25) is 0 Å². The molecule has 0 aliphatic carbocycles. The lowest BCUT2D eigenvalue weighted by Crippen LogP contribution is -2.53. The second-order valence-electron chi connectivity index (χ2n) is 3.66. The molecule has 1 aliphatic rings. The van der Waals surface area contributed by atoms with Gasteiger partial charge < -0.3 is 25.3 Å². The van der Waals surface area contributed by atoms with Gasteiger partial charge in [-0.25, -0.2) is 4.79 Å². The van der Waals surface area contributed by atoms with Crippen LogP contribution < -0.4 is 5.32 Å². The van der Waals surface area contributed by atoms with E-state index in [2.05, 4.69) is 5.32 Å². The third kappa shape index (κ3) is 4.27. The molecule has 1 aliphatic heterocycles. The zero-order chi connectivity index (χ0) is 12.8. The second kappa shape index (κ2) is 6.04. The van der Waals surface area contributed by atoms with Crippen molar-refractivity contribution in [1.82, 2.24) is 15.1 Å². The lowest BCUT2D eigenvalue weighted by molar-refractivity contribution is -0.140. The van der Waals surface area contributed by atoms with Gasteiger partial charge in [-0.2, -0.15) is 0 Å². The van der Waals surface area contributed by atoms with Gasteiger partial charge in [-0.3, -0.25) is 9.59 Å². The van der Waals surface area contributed by atoms with Crippen molar-refractivity contribution in [3.63, 3.8) is 0 Å².